The van der Waals surface area contributed by atoms with Crippen molar-refractivity contribution in [3.05, 3.63) is 29.8 Å². The molecule has 144 valence electrons. The lowest BCUT2D eigenvalue weighted by molar-refractivity contribution is -0.127. The Labute approximate surface area is 165 Å². The molecule has 0 spiro atoms. The number of hydrogen-bond donors (Lipinski definition) is 2. The summed E-state index contributed by atoms with van der Waals surface area (Å²) < 4.78 is 0. The van der Waals surface area contributed by atoms with Gasteiger partial charge in [0.25, 0.3) is 5.91 Å². The molecule has 1 aromatic rings. The van der Waals surface area contributed by atoms with Gasteiger partial charge in [-0.25, -0.2) is 0 Å². The van der Waals surface area contributed by atoms with Gasteiger partial charge in [-0.15, -0.1) is 24.2 Å². The first kappa shape index (κ1) is 21.1. The van der Waals surface area contributed by atoms with Crippen molar-refractivity contribution in [2.75, 3.05) is 18.8 Å². The van der Waals surface area contributed by atoms with Crippen LogP contribution in [0.1, 0.15) is 48.9 Å². The number of amides is 2. The van der Waals surface area contributed by atoms with E-state index in [0.29, 0.717) is 11.3 Å². The Balaban J connectivity index is 0.00000243. The highest BCUT2D eigenvalue weighted by atomic mass is 35.5. The van der Waals surface area contributed by atoms with E-state index in [-0.39, 0.29) is 36.3 Å². The molecule has 0 atom stereocenters. The van der Waals surface area contributed by atoms with Crippen LogP contribution >= 0.6 is 24.2 Å². The van der Waals surface area contributed by atoms with Gasteiger partial charge in [-0.3, -0.25) is 9.59 Å². The molecule has 1 aromatic carbocycles. The van der Waals surface area contributed by atoms with E-state index < -0.39 is 0 Å². The summed E-state index contributed by atoms with van der Waals surface area (Å²) in [5.41, 5.74) is 6.59. The third-order valence-electron chi connectivity index (χ3n) is 5.05. The SMILES string of the molecule is Cl.NC1CCC(NC(=O)c2ccccc2SCC(=O)N2CCCC2)CC1. The highest BCUT2D eigenvalue weighted by Gasteiger charge is 2.22. The summed E-state index contributed by atoms with van der Waals surface area (Å²) in [6, 6.07) is 8.03. The van der Waals surface area contributed by atoms with Crippen LogP contribution in [0.3, 0.4) is 0 Å². The molecular weight excluding hydrogens is 370 g/mol. The predicted octanol–water partition coefficient (Wildman–Crippen LogP) is 2.82. The van der Waals surface area contributed by atoms with Crippen LogP contribution < -0.4 is 11.1 Å². The van der Waals surface area contributed by atoms with Crippen molar-refractivity contribution in [1.82, 2.24) is 10.2 Å². The third-order valence-corrected chi connectivity index (χ3v) is 6.11. The number of nitrogens with zero attached hydrogens (tertiary/aromatic N) is 1. The van der Waals surface area contributed by atoms with Gasteiger partial charge in [-0.1, -0.05) is 12.1 Å². The second-order valence-corrected chi connectivity index (χ2v) is 7.98. The Morgan fingerprint density at radius 3 is 2.46 bits per heavy atom. The van der Waals surface area contributed by atoms with Gasteiger partial charge < -0.3 is 16.0 Å². The average molecular weight is 398 g/mol. The van der Waals surface area contributed by atoms with Crippen LogP contribution in [0.25, 0.3) is 0 Å². The first-order chi connectivity index (χ1) is 12.1. The standard InChI is InChI=1S/C19H27N3O2S.ClH/c20-14-7-9-15(10-8-14)21-19(24)16-5-1-2-6-17(16)25-13-18(23)22-11-3-4-12-22;/h1-2,5-6,14-15H,3-4,7-13,20H2,(H,21,24);1H. The molecule has 3 rings (SSSR count). The molecule has 1 aliphatic carbocycles. The molecule has 7 heteroatoms. The lowest BCUT2D eigenvalue weighted by Gasteiger charge is -2.27. The molecule has 2 aliphatic rings. The topological polar surface area (TPSA) is 75.4 Å². The van der Waals surface area contributed by atoms with Crippen molar-refractivity contribution in [2.45, 2.75) is 55.5 Å². The van der Waals surface area contributed by atoms with Crippen molar-refractivity contribution in [1.29, 1.82) is 0 Å². The number of nitrogens with two attached hydrogens (primary N) is 1. The second kappa shape index (κ2) is 10.2. The average Bonchev–Trinajstić information content (AvgIpc) is 3.16. The van der Waals surface area contributed by atoms with Gasteiger partial charge in [0.15, 0.2) is 0 Å². The van der Waals surface area contributed by atoms with Crippen molar-refractivity contribution < 1.29 is 9.59 Å². The van der Waals surface area contributed by atoms with E-state index in [1.807, 2.05) is 29.2 Å². The quantitative estimate of drug-likeness (QED) is 0.749. The van der Waals surface area contributed by atoms with Crippen molar-refractivity contribution in [3.8, 4) is 0 Å². The molecule has 1 aliphatic heterocycles. The van der Waals surface area contributed by atoms with Crippen LogP contribution in [-0.4, -0.2) is 47.6 Å². The van der Waals surface area contributed by atoms with Crippen LogP contribution in [0.2, 0.25) is 0 Å². The second-order valence-electron chi connectivity index (χ2n) is 6.96. The monoisotopic (exact) mass is 397 g/mol. The number of nitrogens with one attached hydrogen (secondary N) is 1. The summed E-state index contributed by atoms with van der Waals surface area (Å²) >= 11 is 1.46. The van der Waals surface area contributed by atoms with Crippen LogP contribution in [-0.2, 0) is 4.79 Å². The molecule has 0 bridgehead atoms. The van der Waals surface area contributed by atoms with Crippen molar-refractivity contribution >= 4 is 36.0 Å². The largest absolute Gasteiger partial charge is 0.349 e. The molecule has 1 saturated carbocycles. The van der Waals surface area contributed by atoms with E-state index in [4.69, 9.17) is 5.73 Å². The van der Waals surface area contributed by atoms with E-state index >= 15 is 0 Å². The normalized spacial score (nSPS) is 22.6. The Morgan fingerprint density at radius 1 is 1.12 bits per heavy atom. The maximum atomic E-state index is 12.7. The number of benzene rings is 1. The first-order valence-corrected chi connectivity index (χ1v) is 10.2. The summed E-state index contributed by atoms with van der Waals surface area (Å²) in [5, 5.41) is 3.14. The van der Waals surface area contributed by atoms with Gasteiger partial charge in [-0.05, 0) is 50.7 Å². The molecule has 5 nitrogen and oxygen atoms in total. The minimum Gasteiger partial charge on any atom is -0.349 e. The third kappa shape index (κ3) is 5.63. The van der Waals surface area contributed by atoms with E-state index in [1.54, 1.807) is 0 Å². The summed E-state index contributed by atoms with van der Waals surface area (Å²) in [4.78, 5) is 27.7. The smallest absolute Gasteiger partial charge is 0.252 e. The van der Waals surface area contributed by atoms with E-state index in [0.717, 1.165) is 56.5 Å². The van der Waals surface area contributed by atoms with Crippen LogP contribution in [0.15, 0.2) is 29.2 Å². The van der Waals surface area contributed by atoms with Crippen molar-refractivity contribution in [2.24, 2.45) is 5.73 Å². The molecule has 1 saturated heterocycles. The van der Waals surface area contributed by atoms with Crippen molar-refractivity contribution in [3.63, 3.8) is 0 Å². The molecule has 2 amide bonds. The number of likely N-dealkylation sites (tertiary alicyclic amines) is 1. The Kier molecular flexibility index (Phi) is 8.25. The predicted molar refractivity (Wildman–Crippen MR) is 108 cm³/mol. The molecule has 0 unspecified atom stereocenters. The highest BCUT2D eigenvalue weighted by molar-refractivity contribution is 8.00. The summed E-state index contributed by atoms with van der Waals surface area (Å²) in [7, 11) is 0. The van der Waals surface area contributed by atoms with Gasteiger partial charge >= 0.3 is 0 Å². The fourth-order valence-electron chi connectivity index (χ4n) is 3.50. The van der Waals surface area contributed by atoms with Crippen LogP contribution in [0.4, 0.5) is 0 Å². The van der Waals surface area contributed by atoms with Gasteiger partial charge in [0.05, 0.1) is 11.3 Å². The van der Waals surface area contributed by atoms with Crippen LogP contribution in [0.5, 0.6) is 0 Å². The first-order valence-electron chi connectivity index (χ1n) is 9.19. The summed E-state index contributed by atoms with van der Waals surface area (Å²) in [6.45, 7) is 1.73. The van der Waals surface area contributed by atoms with Crippen LogP contribution in [0, 0.1) is 0 Å². The highest BCUT2D eigenvalue weighted by Crippen LogP contribution is 2.25. The Hall–Kier alpha value is -1.24. The fourth-order valence-corrected chi connectivity index (χ4v) is 4.46. The number of carbonyl (C=O) groups is 2. The fraction of sp³-hybridized carbons (Fsp3) is 0.579. The van der Waals surface area contributed by atoms with E-state index in [9.17, 15) is 9.59 Å². The number of hydrogen-bond acceptors (Lipinski definition) is 4. The number of carbonyl (C=O) groups excluding carboxylic acids is 2. The zero-order chi connectivity index (χ0) is 17.6. The summed E-state index contributed by atoms with van der Waals surface area (Å²) in [5.74, 6) is 0.513. The van der Waals surface area contributed by atoms with E-state index in [1.165, 1.54) is 11.8 Å². The zero-order valence-corrected chi connectivity index (χ0v) is 16.6. The molecule has 0 aromatic heterocycles. The molecular formula is C19H28ClN3O2S. The van der Waals surface area contributed by atoms with Gasteiger partial charge in [0.1, 0.15) is 0 Å². The van der Waals surface area contributed by atoms with Gasteiger partial charge in [0, 0.05) is 30.1 Å². The van der Waals surface area contributed by atoms with Gasteiger partial charge in [-0.2, -0.15) is 0 Å². The Morgan fingerprint density at radius 2 is 1.77 bits per heavy atom. The molecule has 2 fully saturated rings. The maximum absolute atomic E-state index is 12.7. The summed E-state index contributed by atoms with van der Waals surface area (Å²) in [6.07, 6.45) is 6.00. The lowest BCUT2D eigenvalue weighted by Crippen LogP contribution is -2.40. The molecule has 3 N–H and O–H groups in total. The lowest BCUT2D eigenvalue weighted by atomic mass is 9.91. The maximum Gasteiger partial charge on any atom is 0.252 e. The number of halogens is 1. The molecule has 0 radical (unpaired) electrons. The molecule has 1 heterocycles. The van der Waals surface area contributed by atoms with E-state index in [2.05, 4.69) is 5.32 Å². The minimum atomic E-state index is -0.0443. The minimum absolute atomic E-state index is 0. The number of thioether (sulfide) groups is 1. The Bertz CT molecular complexity index is 615. The molecule has 26 heavy (non-hydrogen) atoms. The number of rotatable bonds is 5. The van der Waals surface area contributed by atoms with Gasteiger partial charge in [0.2, 0.25) is 5.91 Å². The zero-order valence-electron chi connectivity index (χ0n) is 15.0.